The molecule has 8 nitrogen and oxygen atoms in total. The predicted octanol–water partition coefficient (Wildman–Crippen LogP) is 3.43. The lowest BCUT2D eigenvalue weighted by molar-refractivity contribution is 0.350. The van der Waals surface area contributed by atoms with E-state index >= 15 is 0 Å². The number of H-pyrrole nitrogens is 1. The molecule has 3 aromatic heterocycles. The molecule has 4 aromatic rings. The fraction of sp³-hybridized carbons (Fsp3) is 0.227. The van der Waals surface area contributed by atoms with Gasteiger partial charge in [-0.15, -0.1) is 0 Å². The number of anilines is 1. The number of nitrogens with one attached hydrogen (secondary N) is 1. The molecule has 4 rings (SSSR count). The maximum absolute atomic E-state index is 12.1. The van der Waals surface area contributed by atoms with E-state index in [2.05, 4.69) is 45.9 Å². The lowest BCUT2D eigenvalue weighted by Crippen LogP contribution is -2.31. The Hall–Kier alpha value is -3.81. The maximum atomic E-state index is 12.1. The van der Waals surface area contributed by atoms with Gasteiger partial charge in [-0.2, -0.15) is 4.98 Å². The van der Waals surface area contributed by atoms with Crippen LogP contribution in [0.2, 0.25) is 0 Å². The van der Waals surface area contributed by atoms with Crippen molar-refractivity contribution >= 4 is 5.95 Å². The van der Waals surface area contributed by atoms with Gasteiger partial charge in [0.05, 0.1) is 5.41 Å². The summed E-state index contributed by atoms with van der Waals surface area (Å²) in [5.41, 5.74) is 8.03. The number of aromatic nitrogens is 5. The summed E-state index contributed by atoms with van der Waals surface area (Å²) in [7, 11) is 0. The van der Waals surface area contributed by atoms with Crippen LogP contribution in [0.15, 0.2) is 64.3 Å². The van der Waals surface area contributed by atoms with Gasteiger partial charge in [-0.05, 0) is 36.1 Å². The van der Waals surface area contributed by atoms with Crippen molar-refractivity contribution in [3.8, 4) is 22.6 Å². The number of benzene rings is 1. The Morgan fingerprint density at radius 3 is 2.40 bits per heavy atom. The van der Waals surface area contributed by atoms with E-state index < -0.39 is 5.41 Å². The summed E-state index contributed by atoms with van der Waals surface area (Å²) >= 11 is 0. The van der Waals surface area contributed by atoms with Crippen LogP contribution in [0.25, 0.3) is 22.6 Å². The molecule has 0 saturated heterocycles. The number of hydrogen-bond donors (Lipinski definition) is 2. The van der Waals surface area contributed by atoms with Crippen LogP contribution in [0.5, 0.6) is 0 Å². The molecule has 0 saturated carbocycles. The van der Waals surface area contributed by atoms with E-state index in [4.69, 9.17) is 10.3 Å². The number of nitrogen functional groups attached to an aromatic ring is 1. The fourth-order valence-corrected chi connectivity index (χ4v) is 3.35. The zero-order valence-electron chi connectivity index (χ0n) is 17.0. The van der Waals surface area contributed by atoms with Gasteiger partial charge in [0, 0.05) is 24.2 Å². The molecule has 1 aromatic carbocycles. The molecule has 0 amide bonds. The molecule has 0 fully saturated rings. The average Bonchev–Trinajstić information content (AvgIpc) is 3.24. The van der Waals surface area contributed by atoms with E-state index in [-0.39, 0.29) is 23.3 Å². The first kappa shape index (κ1) is 19.5. The van der Waals surface area contributed by atoms with Crippen molar-refractivity contribution in [2.75, 3.05) is 5.73 Å². The lowest BCUT2D eigenvalue weighted by Gasteiger charge is -2.31. The molecule has 152 valence electrons. The van der Waals surface area contributed by atoms with Crippen LogP contribution in [0.3, 0.4) is 0 Å². The van der Waals surface area contributed by atoms with Gasteiger partial charge >= 0.3 is 0 Å². The third-order valence-electron chi connectivity index (χ3n) is 5.58. The van der Waals surface area contributed by atoms with Crippen LogP contribution in [0.4, 0.5) is 5.95 Å². The number of aromatic amines is 1. The highest BCUT2D eigenvalue weighted by Gasteiger charge is 2.37. The summed E-state index contributed by atoms with van der Waals surface area (Å²) in [6, 6.07) is 11.5. The minimum atomic E-state index is -0.514. The van der Waals surface area contributed by atoms with Crippen LogP contribution in [0.1, 0.15) is 32.2 Å². The van der Waals surface area contributed by atoms with Gasteiger partial charge in [0.2, 0.25) is 5.95 Å². The molecule has 8 heteroatoms. The second kappa shape index (κ2) is 7.55. The summed E-state index contributed by atoms with van der Waals surface area (Å²) in [5, 5.41) is 4.22. The highest BCUT2D eigenvalue weighted by atomic mass is 16.5. The van der Waals surface area contributed by atoms with E-state index in [0.717, 1.165) is 16.7 Å². The molecular formula is C22H22N6O2. The van der Waals surface area contributed by atoms with Crippen LogP contribution in [0, 0.1) is 5.92 Å². The highest BCUT2D eigenvalue weighted by molar-refractivity contribution is 5.62. The monoisotopic (exact) mass is 402 g/mol. The number of hydrogen-bond acceptors (Lipinski definition) is 7. The number of pyridine rings is 1. The van der Waals surface area contributed by atoms with E-state index in [1.807, 2.05) is 24.3 Å². The molecule has 0 bridgehead atoms. The second-order valence-electron chi connectivity index (χ2n) is 7.60. The quantitative estimate of drug-likeness (QED) is 0.524. The van der Waals surface area contributed by atoms with Crippen molar-refractivity contribution in [2.24, 2.45) is 5.92 Å². The predicted molar refractivity (Wildman–Crippen MR) is 114 cm³/mol. The standard InChI is InChI=1S/C22H22N6O2/c1-13(2)22(3,20-27-19(30-28-20)17-5-4-10-24-18(17)29)16-8-6-14(7-9-16)15-11-25-21(23)26-12-15/h4-13H,1-3H3,(H,24,29)(H2,23,25,26). The molecule has 0 radical (unpaired) electrons. The topological polar surface area (TPSA) is 124 Å². The molecule has 3 heterocycles. The summed E-state index contributed by atoms with van der Waals surface area (Å²) in [6.45, 7) is 6.28. The molecule has 0 aliphatic heterocycles. The summed E-state index contributed by atoms with van der Waals surface area (Å²) in [5.74, 6) is 1.14. The van der Waals surface area contributed by atoms with Crippen LogP contribution >= 0.6 is 0 Å². The molecule has 0 aliphatic rings. The third-order valence-corrected chi connectivity index (χ3v) is 5.58. The average molecular weight is 402 g/mol. The van der Waals surface area contributed by atoms with E-state index in [0.29, 0.717) is 11.4 Å². The zero-order chi connectivity index (χ0) is 21.3. The Kier molecular flexibility index (Phi) is 4.91. The van der Waals surface area contributed by atoms with Gasteiger partial charge < -0.3 is 15.2 Å². The van der Waals surface area contributed by atoms with Gasteiger partial charge in [0.1, 0.15) is 5.56 Å². The maximum Gasteiger partial charge on any atom is 0.263 e. The largest absolute Gasteiger partial charge is 0.368 e. The first-order chi connectivity index (χ1) is 14.4. The zero-order valence-corrected chi connectivity index (χ0v) is 17.0. The van der Waals surface area contributed by atoms with Crippen molar-refractivity contribution in [1.82, 2.24) is 25.1 Å². The third kappa shape index (κ3) is 3.36. The smallest absolute Gasteiger partial charge is 0.263 e. The Morgan fingerprint density at radius 1 is 1.07 bits per heavy atom. The van der Waals surface area contributed by atoms with Gasteiger partial charge in [-0.25, -0.2) is 9.97 Å². The van der Waals surface area contributed by atoms with Crippen molar-refractivity contribution < 1.29 is 4.52 Å². The minimum absolute atomic E-state index is 0.169. The van der Waals surface area contributed by atoms with Crippen molar-refractivity contribution in [3.05, 3.63) is 76.7 Å². The van der Waals surface area contributed by atoms with Gasteiger partial charge in [0.25, 0.3) is 11.4 Å². The van der Waals surface area contributed by atoms with Gasteiger partial charge in [-0.3, -0.25) is 4.79 Å². The van der Waals surface area contributed by atoms with Crippen LogP contribution in [-0.2, 0) is 5.41 Å². The SMILES string of the molecule is CC(C)C(C)(c1ccc(-c2cnc(N)nc2)cc1)c1noc(-c2ccc[nH]c2=O)n1. The second-order valence-corrected chi connectivity index (χ2v) is 7.60. The van der Waals surface area contributed by atoms with E-state index in [9.17, 15) is 4.79 Å². The van der Waals surface area contributed by atoms with Crippen molar-refractivity contribution in [3.63, 3.8) is 0 Å². The molecule has 30 heavy (non-hydrogen) atoms. The van der Waals surface area contributed by atoms with E-state index in [1.54, 1.807) is 30.7 Å². The molecule has 3 N–H and O–H groups in total. The molecule has 1 unspecified atom stereocenters. The Morgan fingerprint density at radius 2 is 1.77 bits per heavy atom. The minimum Gasteiger partial charge on any atom is -0.368 e. The fourth-order valence-electron chi connectivity index (χ4n) is 3.35. The number of rotatable bonds is 5. The van der Waals surface area contributed by atoms with Crippen molar-refractivity contribution in [1.29, 1.82) is 0 Å². The Balaban J connectivity index is 1.72. The highest BCUT2D eigenvalue weighted by Crippen LogP contribution is 2.38. The first-order valence-corrected chi connectivity index (χ1v) is 9.60. The van der Waals surface area contributed by atoms with Gasteiger partial charge in [0.15, 0.2) is 5.82 Å². The van der Waals surface area contributed by atoms with Crippen LogP contribution < -0.4 is 11.3 Å². The number of nitrogens with two attached hydrogens (primary N) is 1. The Bertz CT molecular complexity index is 1210. The summed E-state index contributed by atoms with van der Waals surface area (Å²) in [6.07, 6.45) is 4.96. The summed E-state index contributed by atoms with van der Waals surface area (Å²) in [4.78, 5) is 27.4. The van der Waals surface area contributed by atoms with Gasteiger partial charge in [-0.1, -0.05) is 43.3 Å². The van der Waals surface area contributed by atoms with Crippen molar-refractivity contribution in [2.45, 2.75) is 26.2 Å². The summed E-state index contributed by atoms with van der Waals surface area (Å²) < 4.78 is 5.44. The first-order valence-electron chi connectivity index (χ1n) is 9.60. The van der Waals surface area contributed by atoms with Crippen LogP contribution in [-0.4, -0.2) is 25.1 Å². The molecule has 0 spiro atoms. The molecular weight excluding hydrogens is 380 g/mol. The number of nitrogens with zero attached hydrogens (tertiary/aromatic N) is 4. The lowest BCUT2D eigenvalue weighted by atomic mass is 9.72. The molecule has 1 atom stereocenters. The van der Waals surface area contributed by atoms with E-state index in [1.165, 1.54) is 0 Å². The Labute approximate surface area is 173 Å². The normalized spacial score (nSPS) is 13.3. The molecule has 0 aliphatic carbocycles.